The highest BCUT2D eigenvalue weighted by molar-refractivity contribution is 6.31. The number of halogens is 5. The molecule has 0 spiro atoms. The van der Waals surface area contributed by atoms with Gasteiger partial charge in [-0.05, 0) is 48.4 Å². The number of aromatic nitrogens is 2. The molecule has 0 radical (unpaired) electrons. The number of nitrogens with one attached hydrogen (secondary N) is 1. The highest BCUT2D eigenvalue weighted by atomic mass is 35.5. The number of primary amides is 1. The smallest absolute Gasteiger partial charge is 0.364 e. The van der Waals surface area contributed by atoms with E-state index >= 15 is 0 Å². The quantitative estimate of drug-likeness (QED) is 0.464. The van der Waals surface area contributed by atoms with Crippen molar-refractivity contribution in [1.82, 2.24) is 9.97 Å². The summed E-state index contributed by atoms with van der Waals surface area (Å²) in [5.74, 6) is -3.93. The van der Waals surface area contributed by atoms with Crippen LogP contribution in [0, 0.1) is 24.1 Å². The summed E-state index contributed by atoms with van der Waals surface area (Å²) in [5.41, 5.74) is 3.84. The molecule has 1 aliphatic carbocycles. The number of hydrogen-bond donors (Lipinski definition) is 2. The molecule has 4 atom stereocenters. The summed E-state index contributed by atoms with van der Waals surface area (Å²) in [6.07, 6.45) is -3.52. The maximum Gasteiger partial charge on any atom is 0.394 e. The standard InChI is InChI=1S/C24H22ClF4N3O2/c1-10-12(4-5-14(26)20(10)25)18-11(2)23(3,24(27,28)29)9-13(18)16-8-17(33)19-15(32-16)6-7-31-21(19)22(30)34/h4-8,11,13,18H,9H2,1-3H3,(H2,30,34)(H,32,33)/t11-,13-,18-,23+/m0/s1. The van der Waals surface area contributed by atoms with Crippen molar-refractivity contribution in [3.63, 3.8) is 0 Å². The number of amides is 1. The molecule has 10 heteroatoms. The molecule has 1 fully saturated rings. The van der Waals surface area contributed by atoms with Crippen LogP contribution in [0.5, 0.6) is 0 Å². The molecule has 0 unspecified atom stereocenters. The highest BCUT2D eigenvalue weighted by Gasteiger charge is 2.62. The van der Waals surface area contributed by atoms with Gasteiger partial charge in [-0.2, -0.15) is 13.2 Å². The number of H-pyrrole nitrogens is 1. The van der Waals surface area contributed by atoms with Crippen LogP contribution in [-0.4, -0.2) is 22.1 Å². The van der Waals surface area contributed by atoms with Crippen molar-refractivity contribution in [2.24, 2.45) is 17.1 Å². The molecule has 2 heterocycles. The Morgan fingerprint density at radius 2 is 1.97 bits per heavy atom. The average Bonchev–Trinajstić information content (AvgIpc) is 3.03. The molecule has 1 amide bonds. The minimum absolute atomic E-state index is 0.0269. The lowest BCUT2D eigenvalue weighted by Crippen LogP contribution is -2.38. The van der Waals surface area contributed by atoms with Crippen molar-refractivity contribution in [2.45, 2.75) is 45.2 Å². The zero-order chi connectivity index (χ0) is 25.2. The predicted octanol–water partition coefficient (Wildman–Crippen LogP) is 5.60. The van der Waals surface area contributed by atoms with Gasteiger partial charge in [-0.25, -0.2) is 4.39 Å². The Morgan fingerprint density at radius 1 is 1.29 bits per heavy atom. The number of benzene rings is 1. The first-order valence-corrected chi connectivity index (χ1v) is 11.0. The average molecular weight is 496 g/mol. The minimum Gasteiger partial charge on any atom is -0.364 e. The Balaban J connectivity index is 1.96. The maximum atomic E-state index is 14.3. The van der Waals surface area contributed by atoms with Gasteiger partial charge in [0.2, 0.25) is 0 Å². The van der Waals surface area contributed by atoms with Gasteiger partial charge in [0.05, 0.1) is 21.3 Å². The number of fused-ring (bicyclic) bond motifs is 1. The van der Waals surface area contributed by atoms with Gasteiger partial charge >= 0.3 is 6.18 Å². The van der Waals surface area contributed by atoms with Crippen molar-refractivity contribution < 1.29 is 22.4 Å². The number of nitrogens with zero attached hydrogens (tertiary/aromatic N) is 1. The molecule has 2 aromatic heterocycles. The highest BCUT2D eigenvalue weighted by Crippen LogP contribution is 2.64. The Morgan fingerprint density at radius 3 is 2.59 bits per heavy atom. The topological polar surface area (TPSA) is 88.8 Å². The number of carbonyl (C=O) groups is 1. The van der Waals surface area contributed by atoms with E-state index in [1.54, 1.807) is 6.92 Å². The number of aromatic amines is 1. The third-order valence-electron chi connectivity index (χ3n) is 7.40. The molecule has 1 aromatic carbocycles. The summed E-state index contributed by atoms with van der Waals surface area (Å²) < 4.78 is 56.9. The number of nitrogens with two attached hydrogens (primary N) is 1. The lowest BCUT2D eigenvalue weighted by atomic mass is 9.74. The monoisotopic (exact) mass is 495 g/mol. The van der Waals surface area contributed by atoms with E-state index in [2.05, 4.69) is 9.97 Å². The second-order valence-corrected chi connectivity index (χ2v) is 9.53. The van der Waals surface area contributed by atoms with E-state index in [0.29, 0.717) is 11.1 Å². The minimum atomic E-state index is -4.52. The Kier molecular flexibility index (Phi) is 5.75. The van der Waals surface area contributed by atoms with Crippen LogP contribution in [0.15, 0.2) is 35.3 Å². The van der Waals surface area contributed by atoms with Gasteiger partial charge in [-0.15, -0.1) is 0 Å². The van der Waals surface area contributed by atoms with E-state index in [1.807, 2.05) is 0 Å². The van der Waals surface area contributed by atoms with Crippen molar-refractivity contribution in [3.8, 4) is 0 Å². The molecule has 0 saturated heterocycles. The van der Waals surface area contributed by atoms with Crippen LogP contribution < -0.4 is 11.2 Å². The zero-order valence-electron chi connectivity index (χ0n) is 18.6. The molecule has 5 nitrogen and oxygen atoms in total. The first-order valence-electron chi connectivity index (χ1n) is 10.6. The van der Waals surface area contributed by atoms with Crippen molar-refractivity contribution in [1.29, 1.82) is 0 Å². The van der Waals surface area contributed by atoms with Crippen molar-refractivity contribution in [3.05, 3.63) is 74.0 Å². The number of alkyl halides is 3. The first kappa shape index (κ1) is 24.2. The largest absolute Gasteiger partial charge is 0.394 e. The zero-order valence-corrected chi connectivity index (χ0v) is 19.3. The summed E-state index contributed by atoms with van der Waals surface area (Å²) in [7, 11) is 0. The molecular weight excluding hydrogens is 474 g/mol. The fraction of sp³-hybridized carbons (Fsp3) is 0.375. The van der Waals surface area contributed by atoms with Crippen LogP contribution in [0.2, 0.25) is 5.02 Å². The molecule has 4 rings (SSSR count). The first-order chi connectivity index (χ1) is 15.8. The summed E-state index contributed by atoms with van der Waals surface area (Å²) in [6.45, 7) is 4.25. The number of pyridine rings is 2. The van der Waals surface area contributed by atoms with E-state index in [0.717, 1.165) is 6.07 Å². The molecular formula is C24H22ClF4N3O2. The van der Waals surface area contributed by atoms with E-state index in [1.165, 1.54) is 38.2 Å². The van der Waals surface area contributed by atoms with E-state index < -0.39 is 46.5 Å². The van der Waals surface area contributed by atoms with Gasteiger partial charge in [-0.1, -0.05) is 31.5 Å². The molecule has 0 bridgehead atoms. The van der Waals surface area contributed by atoms with Gasteiger partial charge < -0.3 is 10.7 Å². The molecule has 180 valence electrons. The predicted molar refractivity (Wildman–Crippen MR) is 120 cm³/mol. The maximum absolute atomic E-state index is 14.3. The summed E-state index contributed by atoms with van der Waals surface area (Å²) >= 11 is 6.11. The fourth-order valence-corrected chi connectivity index (χ4v) is 5.48. The van der Waals surface area contributed by atoms with Crippen LogP contribution in [0.25, 0.3) is 10.9 Å². The van der Waals surface area contributed by atoms with E-state index in [-0.39, 0.29) is 33.7 Å². The Labute approximate surface area is 197 Å². The molecule has 34 heavy (non-hydrogen) atoms. The van der Waals surface area contributed by atoms with Crippen LogP contribution >= 0.6 is 11.6 Å². The number of hydrogen-bond acceptors (Lipinski definition) is 3. The second kappa shape index (κ2) is 8.08. The molecule has 3 N–H and O–H groups in total. The lowest BCUT2D eigenvalue weighted by Gasteiger charge is -2.34. The lowest BCUT2D eigenvalue weighted by molar-refractivity contribution is -0.229. The van der Waals surface area contributed by atoms with Crippen LogP contribution in [0.3, 0.4) is 0 Å². The van der Waals surface area contributed by atoms with Crippen molar-refractivity contribution in [2.75, 3.05) is 0 Å². The normalized spacial score (nSPS) is 25.1. The van der Waals surface area contributed by atoms with Gasteiger partial charge in [0.1, 0.15) is 11.5 Å². The van der Waals surface area contributed by atoms with Gasteiger partial charge in [0.15, 0.2) is 5.43 Å². The Hall–Kier alpha value is -2.94. The Bertz CT molecular complexity index is 1370. The number of carbonyl (C=O) groups excluding carboxylic acids is 1. The third-order valence-corrected chi connectivity index (χ3v) is 7.87. The van der Waals surface area contributed by atoms with E-state index in [4.69, 9.17) is 17.3 Å². The van der Waals surface area contributed by atoms with Crippen LogP contribution in [-0.2, 0) is 0 Å². The second-order valence-electron chi connectivity index (χ2n) is 9.15. The van der Waals surface area contributed by atoms with Crippen LogP contribution in [0.4, 0.5) is 17.6 Å². The molecule has 1 saturated carbocycles. The summed E-state index contributed by atoms with van der Waals surface area (Å²) in [6, 6.07) is 5.26. The van der Waals surface area contributed by atoms with Gasteiger partial charge in [0.25, 0.3) is 5.91 Å². The molecule has 1 aliphatic rings. The van der Waals surface area contributed by atoms with Gasteiger partial charge in [-0.3, -0.25) is 14.6 Å². The SMILES string of the molecule is Cc1c([C@H]2[C@H](c3cc(=O)c4c(C(N)=O)nccc4[nH]3)C[C@@](C)(C(F)(F)F)[C@H]2C)ccc(F)c1Cl. The van der Waals surface area contributed by atoms with Crippen molar-refractivity contribution >= 4 is 28.4 Å². The molecule has 3 aromatic rings. The van der Waals surface area contributed by atoms with Gasteiger partial charge in [0, 0.05) is 23.9 Å². The fourth-order valence-electron chi connectivity index (χ4n) is 5.31. The molecule has 0 aliphatic heterocycles. The third kappa shape index (κ3) is 3.57. The van der Waals surface area contributed by atoms with Crippen LogP contribution in [0.1, 0.15) is 59.4 Å². The number of rotatable bonds is 3. The summed E-state index contributed by atoms with van der Waals surface area (Å²) in [4.78, 5) is 31.6. The summed E-state index contributed by atoms with van der Waals surface area (Å²) in [5, 5.41) is -0.172. The van der Waals surface area contributed by atoms with E-state index in [9.17, 15) is 27.2 Å².